The van der Waals surface area contributed by atoms with Crippen LogP contribution in [0.1, 0.15) is 147 Å². The van der Waals surface area contributed by atoms with Crippen LogP contribution in [0.15, 0.2) is 109 Å². The molecule has 0 aliphatic carbocycles. The number of hydrogen-bond acceptors (Lipinski definition) is 8. The van der Waals surface area contributed by atoms with Crippen LogP contribution in [-0.2, 0) is 40.7 Å². The predicted octanol–water partition coefficient (Wildman–Crippen LogP) is 16.5. The summed E-state index contributed by atoms with van der Waals surface area (Å²) < 4.78 is 24.2. The Bertz CT molecular complexity index is 3440. The van der Waals surface area contributed by atoms with E-state index in [1.54, 1.807) is 0 Å². The molecule has 0 fully saturated rings. The number of nitrogens with zero attached hydrogens (tertiary/aromatic N) is 2. The van der Waals surface area contributed by atoms with Crippen molar-refractivity contribution >= 4 is 58.3 Å². The minimum absolute atomic E-state index is 0.0701. The van der Waals surface area contributed by atoms with Gasteiger partial charge in [0.2, 0.25) is 0 Å². The Morgan fingerprint density at radius 1 is 0.380 bits per heavy atom. The van der Waals surface area contributed by atoms with Gasteiger partial charge in [0, 0.05) is 68.3 Å². The molecular formula is C69H74N4O6. The summed E-state index contributed by atoms with van der Waals surface area (Å²) in [6.45, 7) is 27.8. The van der Waals surface area contributed by atoms with Gasteiger partial charge in [-0.25, -0.2) is 9.97 Å². The fourth-order valence-electron chi connectivity index (χ4n) is 10.3. The van der Waals surface area contributed by atoms with E-state index in [0.29, 0.717) is 24.3 Å². The number of esters is 2. The van der Waals surface area contributed by atoms with Gasteiger partial charge in [-0.15, -0.1) is 0 Å². The third-order valence-corrected chi connectivity index (χ3v) is 14.9. The van der Waals surface area contributed by atoms with Crippen molar-refractivity contribution in [3.63, 3.8) is 0 Å². The number of ether oxygens (including phenoxy) is 4. The normalized spacial score (nSPS) is 14.8. The molecule has 0 saturated heterocycles. The van der Waals surface area contributed by atoms with Crippen LogP contribution in [-0.4, -0.2) is 58.3 Å². The number of carbonyl (C=O) groups is 2. The van der Waals surface area contributed by atoms with Gasteiger partial charge >= 0.3 is 11.9 Å². The van der Waals surface area contributed by atoms with Crippen molar-refractivity contribution in [3.8, 4) is 56.0 Å². The molecule has 7 aromatic rings. The van der Waals surface area contributed by atoms with Gasteiger partial charge in [0.05, 0.1) is 49.2 Å². The van der Waals surface area contributed by atoms with E-state index in [1.807, 2.05) is 36.4 Å². The lowest BCUT2D eigenvalue weighted by molar-refractivity contribution is -0.154. The number of nitrogens with one attached hydrogen (secondary N) is 2. The summed E-state index contributed by atoms with van der Waals surface area (Å²) in [5.41, 5.74) is 18.2. The topological polar surface area (TPSA) is 128 Å². The van der Waals surface area contributed by atoms with Gasteiger partial charge in [0.15, 0.2) is 0 Å². The lowest BCUT2D eigenvalue weighted by atomic mass is 9.78. The number of aromatic nitrogens is 4. The highest BCUT2D eigenvalue weighted by Gasteiger charge is 2.27. The SMILES string of the molecule is CC(C)(C)c1cc(-c2c3nc(c4c5ccc([nH]5)c(-c5cc(C(C)(C)C)cc(C(C)(C)C)c5)c5nc(c(c6ccc2[nH]6)-c2ccccc2OCCCOC(=O)CC(=O)OCCCOc2ccccc2-4)C=C5)C=C3)cc(C(C)(C)C)c1. The number of hydrogen-bond donors (Lipinski definition) is 2. The minimum Gasteiger partial charge on any atom is -0.493 e. The van der Waals surface area contributed by atoms with E-state index in [2.05, 4.69) is 190 Å². The molecule has 4 aromatic carbocycles. The fraction of sp³-hybridized carbons (Fsp3) is 0.333. The Balaban J connectivity index is 1.38. The molecule has 10 nitrogen and oxygen atoms in total. The standard InChI is InChI=1S/C69H74N4O6/c1-66(2,3)44-35-42(36-45(39-44)67(4,5)6)62-50-23-27-54(70-50)64-48-19-13-15-21-58(48)76-31-17-33-78-60(74)41-61(75)79-34-18-32-77-59-22-16-14-20-49(59)65(55-28-24-51(62)71-55)57-30-26-53(73-57)63(52-25-29-56(64)72-52)43-37-46(68(7,8)9)40-47(38-43)69(10,11)12/h13-16,19-30,35-40,70,73H,17-18,31-34,41H2,1-12H3. The molecular weight excluding hydrogens is 981 g/mol. The molecule has 10 rings (SSSR count). The summed E-state index contributed by atoms with van der Waals surface area (Å²) >= 11 is 0. The number of para-hydroxylation sites is 2. The minimum atomic E-state index is -0.651. The van der Waals surface area contributed by atoms with Crippen LogP contribution in [0.5, 0.6) is 11.5 Å². The average Bonchev–Trinajstić information content (AvgIpc) is 4.45. The van der Waals surface area contributed by atoms with Crippen molar-refractivity contribution in [1.82, 2.24) is 19.9 Å². The van der Waals surface area contributed by atoms with Gasteiger partial charge in [-0.3, -0.25) is 9.59 Å². The van der Waals surface area contributed by atoms with E-state index in [1.165, 1.54) is 22.3 Å². The van der Waals surface area contributed by atoms with Gasteiger partial charge in [-0.1, -0.05) is 156 Å². The summed E-state index contributed by atoms with van der Waals surface area (Å²) in [7, 11) is 0. The van der Waals surface area contributed by atoms with Crippen LogP contribution in [0.4, 0.5) is 0 Å². The third kappa shape index (κ3) is 11.8. The number of H-pyrrole nitrogens is 2. The van der Waals surface area contributed by atoms with Crippen LogP contribution in [0, 0.1) is 0 Å². The molecule has 10 heteroatoms. The zero-order valence-electron chi connectivity index (χ0n) is 48.0. The van der Waals surface area contributed by atoms with Crippen LogP contribution in [0.3, 0.4) is 0 Å². The van der Waals surface area contributed by atoms with E-state index < -0.39 is 18.4 Å². The Hall–Kier alpha value is -7.98. The summed E-state index contributed by atoms with van der Waals surface area (Å²) in [5.74, 6) is -0.0225. The Morgan fingerprint density at radius 3 is 1.03 bits per heavy atom. The lowest BCUT2D eigenvalue weighted by Crippen LogP contribution is -2.16. The molecule has 10 bridgehead atoms. The first-order valence-corrected chi connectivity index (χ1v) is 27.7. The molecule has 3 aliphatic rings. The maximum atomic E-state index is 12.8. The molecule has 0 atom stereocenters. The van der Waals surface area contributed by atoms with Crippen molar-refractivity contribution in [2.45, 2.75) is 124 Å². The van der Waals surface area contributed by atoms with Gasteiger partial charge < -0.3 is 28.9 Å². The van der Waals surface area contributed by atoms with Crippen molar-refractivity contribution in [1.29, 1.82) is 0 Å². The summed E-state index contributed by atoms with van der Waals surface area (Å²) in [4.78, 5) is 44.9. The van der Waals surface area contributed by atoms with Crippen molar-refractivity contribution < 1.29 is 28.5 Å². The molecule has 0 spiro atoms. The predicted molar refractivity (Wildman–Crippen MR) is 322 cm³/mol. The Labute approximate surface area is 465 Å². The molecule has 0 amide bonds. The molecule has 6 heterocycles. The van der Waals surface area contributed by atoms with Gasteiger partial charge in [-0.2, -0.15) is 0 Å². The monoisotopic (exact) mass is 1050 g/mol. The van der Waals surface area contributed by atoms with Gasteiger partial charge in [0.1, 0.15) is 17.9 Å². The highest BCUT2D eigenvalue weighted by atomic mass is 16.6. The molecule has 3 aromatic heterocycles. The zero-order chi connectivity index (χ0) is 56.0. The van der Waals surface area contributed by atoms with Crippen molar-refractivity contribution in [2.75, 3.05) is 26.4 Å². The van der Waals surface area contributed by atoms with E-state index in [-0.39, 0.29) is 48.1 Å². The fourth-order valence-corrected chi connectivity index (χ4v) is 10.3. The molecule has 0 radical (unpaired) electrons. The highest BCUT2D eigenvalue weighted by Crippen LogP contribution is 2.44. The second kappa shape index (κ2) is 21.3. The van der Waals surface area contributed by atoms with E-state index in [9.17, 15) is 9.59 Å². The van der Waals surface area contributed by atoms with Crippen LogP contribution in [0.25, 0.3) is 90.9 Å². The smallest absolute Gasteiger partial charge is 0.317 e. The summed E-state index contributed by atoms with van der Waals surface area (Å²) in [5, 5.41) is 0. The maximum Gasteiger partial charge on any atom is 0.317 e. The summed E-state index contributed by atoms with van der Waals surface area (Å²) in [6, 6.07) is 38.6. The first-order valence-electron chi connectivity index (χ1n) is 27.7. The van der Waals surface area contributed by atoms with Crippen molar-refractivity contribution in [3.05, 3.63) is 154 Å². The van der Waals surface area contributed by atoms with E-state index in [4.69, 9.17) is 28.9 Å². The molecule has 79 heavy (non-hydrogen) atoms. The largest absolute Gasteiger partial charge is 0.493 e. The number of carbonyl (C=O) groups excluding carboxylic acids is 2. The lowest BCUT2D eigenvalue weighted by Gasteiger charge is -2.26. The van der Waals surface area contributed by atoms with E-state index in [0.717, 1.165) is 89.4 Å². The van der Waals surface area contributed by atoms with E-state index >= 15 is 0 Å². The summed E-state index contributed by atoms with van der Waals surface area (Å²) in [6.07, 6.45) is 8.80. The van der Waals surface area contributed by atoms with Crippen LogP contribution < -0.4 is 9.47 Å². The first kappa shape index (κ1) is 54.4. The second-order valence-electron chi connectivity index (χ2n) is 25.1. The molecule has 2 N–H and O–H groups in total. The molecule has 0 saturated carbocycles. The quantitative estimate of drug-likeness (QED) is 0.129. The molecule has 406 valence electrons. The number of benzene rings is 4. The number of aromatic amines is 2. The van der Waals surface area contributed by atoms with Crippen LogP contribution in [0.2, 0.25) is 0 Å². The number of rotatable bonds is 2. The highest BCUT2D eigenvalue weighted by molar-refractivity contribution is 6.01. The third-order valence-electron chi connectivity index (χ3n) is 14.9. The average molecular weight is 1060 g/mol. The molecule has 3 aliphatic heterocycles. The van der Waals surface area contributed by atoms with Gasteiger partial charge in [-0.05, 0) is 116 Å². The number of fused-ring (bicyclic) bond motifs is 10. The Morgan fingerprint density at radius 2 is 0.684 bits per heavy atom. The zero-order valence-corrected chi connectivity index (χ0v) is 48.0. The Kier molecular flexibility index (Phi) is 14.7. The van der Waals surface area contributed by atoms with Crippen molar-refractivity contribution in [2.24, 2.45) is 0 Å². The number of cyclic esters (lactones) is 2. The van der Waals surface area contributed by atoms with Gasteiger partial charge in [0.25, 0.3) is 0 Å². The first-order chi connectivity index (χ1) is 37.5. The maximum absolute atomic E-state index is 12.8. The van der Waals surface area contributed by atoms with Crippen LogP contribution >= 0.6 is 0 Å². The molecule has 0 unspecified atom stereocenters. The second-order valence-corrected chi connectivity index (χ2v) is 25.1.